The van der Waals surface area contributed by atoms with Crippen molar-refractivity contribution in [3.05, 3.63) is 11.9 Å². The number of hydrogen-bond acceptors (Lipinski definition) is 5. The second-order valence-corrected chi connectivity index (χ2v) is 4.96. The van der Waals surface area contributed by atoms with E-state index < -0.39 is 11.6 Å². The summed E-state index contributed by atoms with van der Waals surface area (Å²) >= 11 is 0. The monoisotopic (exact) mass is 252 g/mol. The minimum atomic E-state index is -0.472. The van der Waals surface area contributed by atoms with Gasteiger partial charge in [0.2, 0.25) is 0 Å². The van der Waals surface area contributed by atoms with Gasteiger partial charge in [0.1, 0.15) is 17.5 Å². The molecule has 1 heterocycles. The van der Waals surface area contributed by atoms with E-state index in [9.17, 15) is 5.11 Å². The average Bonchev–Trinajstić information content (AvgIpc) is 2.28. The normalized spacial score (nSPS) is 13.2. The van der Waals surface area contributed by atoms with Crippen LogP contribution in [0.2, 0.25) is 0 Å². The summed E-state index contributed by atoms with van der Waals surface area (Å²) in [7, 11) is 0. The van der Waals surface area contributed by atoms with Crippen LogP contribution in [-0.4, -0.2) is 33.3 Å². The van der Waals surface area contributed by atoms with E-state index in [2.05, 4.69) is 20.6 Å². The molecule has 102 valence electrons. The maximum atomic E-state index is 9.72. The number of aryl methyl sites for hydroxylation is 1. The minimum Gasteiger partial charge on any atom is -0.391 e. The molecule has 5 heteroatoms. The molecular weight excluding hydrogens is 228 g/mol. The van der Waals surface area contributed by atoms with Gasteiger partial charge < -0.3 is 15.7 Å². The molecule has 0 saturated carbocycles. The quantitative estimate of drug-likeness (QED) is 0.723. The molecule has 0 bridgehead atoms. The Hall–Kier alpha value is -1.36. The summed E-state index contributed by atoms with van der Waals surface area (Å²) in [6.07, 6.45) is 0.309. The predicted octanol–water partition coefficient (Wildman–Crippen LogP) is 2.04. The van der Waals surface area contributed by atoms with Crippen molar-refractivity contribution in [1.82, 2.24) is 9.97 Å². The first kappa shape index (κ1) is 14.7. The number of rotatable bonds is 6. The van der Waals surface area contributed by atoms with Crippen molar-refractivity contribution < 1.29 is 5.11 Å². The molecule has 0 aliphatic rings. The second-order valence-electron chi connectivity index (χ2n) is 4.96. The van der Waals surface area contributed by atoms with Gasteiger partial charge in [-0.1, -0.05) is 6.92 Å². The van der Waals surface area contributed by atoms with E-state index >= 15 is 0 Å². The van der Waals surface area contributed by atoms with Gasteiger partial charge in [-0.2, -0.15) is 0 Å². The summed E-state index contributed by atoms with van der Waals surface area (Å²) in [4.78, 5) is 8.82. The van der Waals surface area contributed by atoms with Crippen molar-refractivity contribution in [2.45, 2.75) is 52.7 Å². The molecule has 0 aromatic carbocycles. The Morgan fingerprint density at radius 1 is 1.28 bits per heavy atom. The van der Waals surface area contributed by atoms with Gasteiger partial charge in [0.25, 0.3) is 0 Å². The van der Waals surface area contributed by atoms with Gasteiger partial charge in [0.05, 0.1) is 11.6 Å². The molecule has 5 nitrogen and oxygen atoms in total. The first-order chi connectivity index (χ1) is 8.39. The highest BCUT2D eigenvalue weighted by Crippen LogP contribution is 2.19. The van der Waals surface area contributed by atoms with Gasteiger partial charge in [-0.15, -0.1) is 0 Å². The average molecular weight is 252 g/mol. The predicted molar refractivity (Wildman–Crippen MR) is 75.0 cm³/mol. The summed E-state index contributed by atoms with van der Waals surface area (Å²) in [5.74, 6) is 2.34. The highest BCUT2D eigenvalue weighted by molar-refractivity contribution is 5.49. The third-order valence-corrected chi connectivity index (χ3v) is 2.94. The van der Waals surface area contributed by atoms with Crippen LogP contribution in [0.1, 0.15) is 40.4 Å². The van der Waals surface area contributed by atoms with Crippen LogP contribution in [0.4, 0.5) is 11.6 Å². The Labute approximate surface area is 109 Å². The summed E-state index contributed by atoms with van der Waals surface area (Å²) in [6, 6.07) is 1.87. The zero-order valence-electron chi connectivity index (χ0n) is 11.9. The molecule has 1 rings (SSSR count). The fourth-order valence-corrected chi connectivity index (χ4v) is 1.43. The minimum absolute atomic E-state index is 0.428. The molecule has 0 saturated heterocycles. The third kappa shape index (κ3) is 3.84. The molecule has 0 aliphatic carbocycles. The van der Waals surface area contributed by atoms with E-state index in [1.54, 1.807) is 6.92 Å². The lowest BCUT2D eigenvalue weighted by molar-refractivity contribution is 0.133. The Morgan fingerprint density at radius 2 is 1.89 bits per heavy atom. The largest absolute Gasteiger partial charge is 0.391 e. The molecule has 1 atom stereocenters. The Morgan fingerprint density at radius 3 is 2.39 bits per heavy atom. The fourth-order valence-electron chi connectivity index (χ4n) is 1.43. The van der Waals surface area contributed by atoms with Gasteiger partial charge in [-0.3, -0.25) is 0 Å². The standard InChI is InChI=1S/C13H24N4O/c1-6-10-15-11(14-7-2)8-12(16-10)17-13(4,5)9(3)18/h8-9,18H,6-7H2,1-5H3,(H2,14,15,16,17). The molecule has 0 spiro atoms. The Balaban J connectivity index is 2.97. The number of aromatic nitrogens is 2. The van der Waals surface area contributed by atoms with E-state index in [4.69, 9.17) is 0 Å². The molecule has 1 aromatic rings. The van der Waals surface area contributed by atoms with Crippen LogP contribution in [0.3, 0.4) is 0 Å². The van der Waals surface area contributed by atoms with Gasteiger partial charge in [-0.05, 0) is 27.7 Å². The lowest BCUT2D eigenvalue weighted by Crippen LogP contribution is -2.42. The van der Waals surface area contributed by atoms with E-state index in [1.165, 1.54) is 0 Å². The first-order valence-corrected chi connectivity index (χ1v) is 6.47. The number of nitrogens with one attached hydrogen (secondary N) is 2. The van der Waals surface area contributed by atoms with Crippen molar-refractivity contribution in [2.75, 3.05) is 17.2 Å². The van der Waals surface area contributed by atoms with Crippen LogP contribution in [0.15, 0.2) is 6.07 Å². The molecule has 0 radical (unpaired) electrons. The summed E-state index contributed by atoms with van der Waals surface area (Å²) < 4.78 is 0. The highest BCUT2D eigenvalue weighted by atomic mass is 16.3. The molecular formula is C13H24N4O. The summed E-state index contributed by atoms with van der Waals surface area (Å²) in [5, 5.41) is 16.2. The molecule has 3 N–H and O–H groups in total. The van der Waals surface area contributed by atoms with Crippen molar-refractivity contribution in [1.29, 1.82) is 0 Å². The van der Waals surface area contributed by atoms with Gasteiger partial charge >= 0.3 is 0 Å². The molecule has 0 fully saturated rings. The van der Waals surface area contributed by atoms with Crippen LogP contribution >= 0.6 is 0 Å². The van der Waals surface area contributed by atoms with Crippen molar-refractivity contribution in [3.8, 4) is 0 Å². The lowest BCUT2D eigenvalue weighted by atomic mass is 9.99. The van der Waals surface area contributed by atoms with Crippen LogP contribution < -0.4 is 10.6 Å². The Bertz CT molecular complexity index is 391. The van der Waals surface area contributed by atoms with E-state index in [0.29, 0.717) is 0 Å². The molecule has 1 aromatic heterocycles. The molecule has 1 unspecified atom stereocenters. The number of hydrogen-bond donors (Lipinski definition) is 3. The second kappa shape index (κ2) is 6.00. The van der Waals surface area contributed by atoms with E-state index in [-0.39, 0.29) is 0 Å². The topological polar surface area (TPSA) is 70.1 Å². The van der Waals surface area contributed by atoms with Gasteiger partial charge in [0.15, 0.2) is 0 Å². The lowest BCUT2D eigenvalue weighted by Gasteiger charge is -2.30. The third-order valence-electron chi connectivity index (χ3n) is 2.94. The summed E-state index contributed by atoms with van der Waals surface area (Å²) in [6.45, 7) is 10.5. The van der Waals surface area contributed by atoms with Crippen molar-refractivity contribution >= 4 is 11.6 Å². The molecule has 0 amide bonds. The molecule has 0 aliphatic heterocycles. The first-order valence-electron chi connectivity index (χ1n) is 6.47. The zero-order valence-corrected chi connectivity index (χ0v) is 11.9. The smallest absolute Gasteiger partial charge is 0.132 e. The Kier molecular flexibility index (Phi) is 4.90. The number of aliphatic hydroxyl groups is 1. The zero-order chi connectivity index (χ0) is 13.8. The van der Waals surface area contributed by atoms with Gasteiger partial charge in [0, 0.05) is 19.0 Å². The molecule has 18 heavy (non-hydrogen) atoms. The maximum Gasteiger partial charge on any atom is 0.132 e. The van der Waals surface area contributed by atoms with E-state index in [1.807, 2.05) is 33.8 Å². The summed E-state index contributed by atoms with van der Waals surface area (Å²) in [5.41, 5.74) is -0.428. The SMILES string of the molecule is CCNc1cc(NC(C)(C)C(C)O)nc(CC)n1. The number of nitrogens with zero attached hydrogens (tertiary/aromatic N) is 2. The van der Waals surface area contributed by atoms with Crippen LogP contribution in [0, 0.1) is 0 Å². The van der Waals surface area contributed by atoms with Crippen LogP contribution in [-0.2, 0) is 6.42 Å². The van der Waals surface area contributed by atoms with Crippen molar-refractivity contribution in [3.63, 3.8) is 0 Å². The van der Waals surface area contributed by atoms with Crippen molar-refractivity contribution in [2.24, 2.45) is 0 Å². The number of aliphatic hydroxyl groups excluding tert-OH is 1. The van der Waals surface area contributed by atoms with Crippen LogP contribution in [0.5, 0.6) is 0 Å². The fraction of sp³-hybridized carbons (Fsp3) is 0.692. The maximum absolute atomic E-state index is 9.72. The van der Waals surface area contributed by atoms with Crippen LogP contribution in [0.25, 0.3) is 0 Å². The van der Waals surface area contributed by atoms with Gasteiger partial charge in [-0.25, -0.2) is 9.97 Å². The highest BCUT2D eigenvalue weighted by Gasteiger charge is 2.24. The number of anilines is 2. The van der Waals surface area contributed by atoms with E-state index in [0.717, 1.165) is 30.4 Å².